The molecule has 0 saturated carbocycles. The molecule has 0 aromatic carbocycles. The summed E-state index contributed by atoms with van der Waals surface area (Å²) in [6.45, 7) is 2.14. The summed E-state index contributed by atoms with van der Waals surface area (Å²) in [4.78, 5) is 12.0. The minimum absolute atomic E-state index is 0.127. The van der Waals surface area contributed by atoms with E-state index >= 15 is 0 Å². The van der Waals surface area contributed by atoms with E-state index in [0.29, 0.717) is 34.5 Å². The van der Waals surface area contributed by atoms with Crippen molar-refractivity contribution in [1.82, 2.24) is 30.0 Å². The van der Waals surface area contributed by atoms with Gasteiger partial charge in [0.15, 0.2) is 0 Å². The lowest BCUT2D eigenvalue weighted by Crippen LogP contribution is -2.26. The number of anilines is 2. The highest BCUT2D eigenvalue weighted by Crippen LogP contribution is 2.31. The van der Waals surface area contributed by atoms with Crippen LogP contribution in [0, 0.1) is 5.92 Å². The molecule has 4 rings (SSSR count). The Morgan fingerprint density at radius 2 is 2.27 bits per heavy atom. The van der Waals surface area contributed by atoms with Crippen molar-refractivity contribution in [1.29, 1.82) is 0 Å². The van der Waals surface area contributed by atoms with Gasteiger partial charge in [-0.1, -0.05) is 11.6 Å². The van der Waals surface area contributed by atoms with Crippen LogP contribution in [0.2, 0.25) is 5.02 Å². The van der Waals surface area contributed by atoms with Crippen molar-refractivity contribution >= 4 is 34.3 Å². The maximum absolute atomic E-state index is 6.28. The lowest BCUT2D eigenvalue weighted by atomic mass is 10.1. The lowest BCUT2D eigenvalue weighted by Gasteiger charge is -2.17. The molecular formula is C16H20ClN7O2. The molecule has 0 bridgehead atoms. The number of H-pyrrole nitrogens is 1. The van der Waals surface area contributed by atoms with Gasteiger partial charge in [0.25, 0.3) is 0 Å². The van der Waals surface area contributed by atoms with Gasteiger partial charge in [0, 0.05) is 45.6 Å². The Morgan fingerprint density at radius 3 is 3.04 bits per heavy atom. The molecule has 3 N–H and O–H groups in total. The Morgan fingerprint density at radius 1 is 1.38 bits per heavy atom. The highest BCUT2D eigenvalue weighted by Gasteiger charge is 2.28. The Hall–Kier alpha value is -2.36. The molecular weight excluding hydrogens is 358 g/mol. The van der Waals surface area contributed by atoms with E-state index in [1.54, 1.807) is 24.2 Å². The smallest absolute Gasteiger partial charge is 0.232 e. The van der Waals surface area contributed by atoms with Crippen LogP contribution >= 0.6 is 11.6 Å². The first kappa shape index (κ1) is 17.1. The number of nitrogens with zero attached hydrogens (tertiary/aromatic N) is 4. The summed E-state index contributed by atoms with van der Waals surface area (Å²) in [5.74, 6) is 1.10. The summed E-state index contributed by atoms with van der Waals surface area (Å²) in [6.07, 6.45) is 5.34. The molecule has 1 aliphatic heterocycles. The number of methoxy groups -OCH3 is 1. The molecule has 0 spiro atoms. The molecule has 138 valence electrons. The summed E-state index contributed by atoms with van der Waals surface area (Å²) in [7, 11) is 3.56. The van der Waals surface area contributed by atoms with Gasteiger partial charge in [-0.2, -0.15) is 15.1 Å². The van der Waals surface area contributed by atoms with Crippen molar-refractivity contribution in [3.63, 3.8) is 0 Å². The average molecular weight is 378 g/mol. The van der Waals surface area contributed by atoms with Crippen molar-refractivity contribution in [2.75, 3.05) is 32.1 Å². The quantitative estimate of drug-likeness (QED) is 0.601. The van der Waals surface area contributed by atoms with Gasteiger partial charge in [-0.15, -0.1) is 0 Å². The van der Waals surface area contributed by atoms with Crippen LogP contribution in [0.5, 0.6) is 5.88 Å². The monoisotopic (exact) mass is 377 g/mol. The number of aromatic amines is 1. The Labute approximate surface area is 155 Å². The second-order valence-corrected chi connectivity index (χ2v) is 6.65. The molecule has 4 heterocycles. The standard InChI is InChI=1S/C16H20ClN7O2/c1-24-7-10(4-20-24)21-16-22-14-13(11(17)5-19-14)15(23-16)26-8-9-3-18-6-12(9)25-2/h4-5,7,9,12,18H,3,6,8H2,1-2H3,(H2,19,21,22,23)/t9-,12+/m1/s1. The lowest BCUT2D eigenvalue weighted by molar-refractivity contribution is 0.0621. The number of hydrogen-bond acceptors (Lipinski definition) is 7. The number of nitrogens with one attached hydrogen (secondary N) is 3. The predicted octanol–water partition coefficient (Wildman–Crippen LogP) is 1.70. The van der Waals surface area contributed by atoms with Crippen molar-refractivity contribution in [3.8, 4) is 5.88 Å². The summed E-state index contributed by atoms with van der Waals surface area (Å²) in [5, 5.41) is 11.8. The molecule has 3 aromatic rings. The van der Waals surface area contributed by atoms with E-state index in [4.69, 9.17) is 21.1 Å². The SMILES string of the molecule is CO[C@H]1CNC[C@@H]1COc1nc(Nc2cnn(C)c2)nc2[nH]cc(Cl)c12. The first-order chi connectivity index (χ1) is 12.6. The summed E-state index contributed by atoms with van der Waals surface area (Å²) in [5.41, 5.74) is 1.40. The predicted molar refractivity (Wildman–Crippen MR) is 98.0 cm³/mol. The normalized spacial score (nSPS) is 20.0. The van der Waals surface area contributed by atoms with Gasteiger partial charge in [-0.25, -0.2) is 0 Å². The number of hydrogen-bond donors (Lipinski definition) is 3. The molecule has 3 aromatic heterocycles. The summed E-state index contributed by atoms with van der Waals surface area (Å²) < 4.78 is 13.2. The number of aryl methyl sites for hydroxylation is 1. The van der Waals surface area contributed by atoms with E-state index in [0.717, 1.165) is 18.8 Å². The van der Waals surface area contributed by atoms with Crippen LogP contribution in [0.3, 0.4) is 0 Å². The van der Waals surface area contributed by atoms with Gasteiger partial charge in [0.05, 0.1) is 35.0 Å². The zero-order valence-corrected chi connectivity index (χ0v) is 15.2. The zero-order valence-electron chi connectivity index (χ0n) is 14.5. The number of ether oxygens (including phenoxy) is 2. The highest BCUT2D eigenvalue weighted by atomic mass is 35.5. The van der Waals surface area contributed by atoms with Crippen LogP contribution < -0.4 is 15.4 Å². The number of fused-ring (bicyclic) bond motifs is 1. The van der Waals surface area contributed by atoms with Crippen LogP contribution in [0.25, 0.3) is 11.0 Å². The third-order valence-electron chi connectivity index (χ3n) is 4.43. The second-order valence-electron chi connectivity index (χ2n) is 6.24. The van der Waals surface area contributed by atoms with Crippen LogP contribution in [0.15, 0.2) is 18.6 Å². The van der Waals surface area contributed by atoms with Crippen LogP contribution in [-0.2, 0) is 11.8 Å². The summed E-state index contributed by atoms with van der Waals surface area (Å²) in [6, 6.07) is 0. The minimum atomic E-state index is 0.127. The topological polar surface area (TPSA) is 102 Å². The molecule has 1 fully saturated rings. The molecule has 2 atom stereocenters. The first-order valence-corrected chi connectivity index (χ1v) is 8.68. The number of rotatable bonds is 6. The van der Waals surface area contributed by atoms with E-state index in [9.17, 15) is 0 Å². The van der Waals surface area contributed by atoms with Crippen molar-refractivity contribution in [3.05, 3.63) is 23.6 Å². The van der Waals surface area contributed by atoms with Gasteiger partial charge in [-0.3, -0.25) is 4.68 Å². The van der Waals surface area contributed by atoms with Crippen molar-refractivity contribution in [2.24, 2.45) is 13.0 Å². The Kier molecular flexibility index (Phi) is 4.66. The number of aromatic nitrogens is 5. The Bertz CT molecular complexity index is 909. The fraction of sp³-hybridized carbons (Fsp3) is 0.438. The van der Waals surface area contributed by atoms with E-state index in [1.165, 1.54) is 0 Å². The zero-order chi connectivity index (χ0) is 18.1. The van der Waals surface area contributed by atoms with Crippen LogP contribution in [0.1, 0.15) is 0 Å². The fourth-order valence-electron chi connectivity index (χ4n) is 3.08. The van der Waals surface area contributed by atoms with Crippen LogP contribution in [0.4, 0.5) is 11.6 Å². The third kappa shape index (κ3) is 3.33. The molecule has 1 aliphatic rings. The van der Waals surface area contributed by atoms with E-state index < -0.39 is 0 Å². The van der Waals surface area contributed by atoms with Crippen molar-refractivity contribution < 1.29 is 9.47 Å². The average Bonchev–Trinajstić information content (AvgIpc) is 3.34. The van der Waals surface area contributed by atoms with Gasteiger partial charge in [-0.05, 0) is 0 Å². The molecule has 0 aliphatic carbocycles. The largest absolute Gasteiger partial charge is 0.477 e. The van der Waals surface area contributed by atoms with E-state index in [1.807, 2.05) is 13.2 Å². The van der Waals surface area contributed by atoms with E-state index in [-0.39, 0.29) is 12.0 Å². The van der Waals surface area contributed by atoms with Gasteiger partial charge >= 0.3 is 0 Å². The number of halogens is 1. The second kappa shape index (κ2) is 7.10. The molecule has 10 heteroatoms. The van der Waals surface area contributed by atoms with Crippen LogP contribution in [-0.4, -0.2) is 57.6 Å². The molecule has 1 saturated heterocycles. The first-order valence-electron chi connectivity index (χ1n) is 8.30. The fourth-order valence-corrected chi connectivity index (χ4v) is 3.30. The molecule has 0 amide bonds. The maximum atomic E-state index is 6.28. The molecule has 0 radical (unpaired) electrons. The maximum Gasteiger partial charge on any atom is 0.232 e. The molecule has 26 heavy (non-hydrogen) atoms. The van der Waals surface area contributed by atoms with Crippen molar-refractivity contribution in [2.45, 2.75) is 6.10 Å². The molecule has 0 unspecified atom stereocenters. The van der Waals surface area contributed by atoms with Gasteiger partial charge in [0.2, 0.25) is 11.8 Å². The molecule has 9 nitrogen and oxygen atoms in total. The third-order valence-corrected chi connectivity index (χ3v) is 4.72. The summed E-state index contributed by atoms with van der Waals surface area (Å²) >= 11 is 6.28. The van der Waals surface area contributed by atoms with E-state index in [2.05, 4.69) is 30.7 Å². The highest BCUT2D eigenvalue weighted by molar-refractivity contribution is 6.35. The minimum Gasteiger partial charge on any atom is -0.477 e. The Balaban J connectivity index is 1.60. The van der Waals surface area contributed by atoms with Gasteiger partial charge < -0.3 is 25.1 Å². The van der Waals surface area contributed by atoms with Gasteiger partial charge in [0.1, 0.15) is 5.65 Å².